The standard InChI is InChI=1S/C12H15ClO2/c1-12(5-6-12)11(14)9-7-8(13)3-4-10(9)15-2/h3-4,7,11,14H,5-6H2,1-2H3. The van der Waals surface area contributed by atoms with Crippen LogP contribution in [0.3, 0.4) is 0 Å². The van der Waals surface area contributed by atoms with E-state index >= 15 is 0 Å². The summed E-state index contributed by atoms with van der Waals surface area (Å²) in [6.07, 6.45) is 1.64. The van der Waals surface area contributed by atoms with Crippen molar-refractivity contribution in [3.05, 3.63) is 28.8 Å². The number of hydrogen-bond acceptors (Lipinski definition) is 2. The molecule has 1 aliphatic rings. The Morgan fingerprint density at radius 3 is 2.67 bits per heavy atom. The molecule has 2 nitrogen and oxygen atoms in total. The SMILES string of the molecule is COc1ccc(Cl)cc1C(O)C1(C)CC1. The Morgan fingerprint density at radius 1 is 1.47 bits per heavy atom. The molecule has 1 atom stereocenters. The number of ether oxygens (including phenoxy) is 1. The molecule has 0 spiro atoms. The first-order valence-corrected chi connectivity index (χ1v) is 5.46. The summed E-state index contributed by atoms with van der Waals surface area (Å²) >= 11 is 5.92. The van der Waals surface area contributed by atoms with E-state index in [-0.39, 0.29) is 5.41 Å². The minimum absolute atomic E-state index is 0.0119. The van der Waals surface area contributed by atoms with Crippen LogP contribution in [0.15, 0.2) is 18.2 Å². The first-order chi connectivity index (χ1) is 7.07. The highest BCUT2D eigenvalue weighted by molar-refractivity contribution is 6.30. The van der Waals surface area contributed by atoms with Gasteiger partial charge < -0.3 is 9.84 Å². The molecular weight excluding hydrogens is 212 g/mol. The highest BCUT2D eigenvalue weighted by atomic mass is 35.5. The first kappa shape index (κ1) is 10.8. The highest BCUT2D eigenvalue weighted by Crippen LogP contribution is 2.55. The summed E-state index contributed by atoms with van der Waals surface area (Å²) in [5.74, 6) is 0.708. The predicted octanol–water partition coefficient (Wildman–Crippen LogP) is 3.18. The van der Waals surface area contributed by atoms with Crippen molar-refractivity contribution in [2.24, 2.45) is 5.41 Å². The maximum atomic E-state index is 10.2. The van der Waals surface area contributed by atoms with Crippen LogP contribution in [0.25, 0.3) is 0 Å². The van der Waals surface area contributed by atoms with Gasteiger partial charge in [-0.3, -0.25) is 0 Å². The zero-order chi connectivity index (χ0) is 11.1. The normalized spacial score (nSPS) is 19.7. The van der Waals surface area contributed by atoms with Crippen LogP contribution in [-0.2, 0) is 0 Å². The molecule has 1 aromatic rings. The van der Waals surface area contributed by atoms with Gasteiger partial charge >= 0.3 is 0 Å². The molecule has 0 aromatic heterocycles. The van der Waals surface area contributed by atoms with Crippen molar-refractivity contribution in [1.29, 1.82) is 0 Å². The summed E-state index contributed by atoms with van der Waals surface area (Å²) in [6.45, 7) is 2.08. The zero-order valence-corrected chi connectivity index (χ0v) is 9.71. The van der Waals surface area contributed by atoms with E-state index in [1.807, 2.05) is 0 Å². The van der Waals surface area contributed by atoms with E-state index in [2.05, 4.69) is 6.92 Å². The van der Waals surface area contributed by atoms with Gasteiger partial charge in [0.05, 0.1) is 13.2 Å². The molecule has 15 heavy (non-hydrogen) atoms. The molecule has 1 aliphatic carbocycles. The number of methoxy groups -OCH3 is 1. The van der Waals surface area contributed by atoms with Crippen LogP contribution in [0, 0.1) is 5.41 Å². The van der Waals surface area contributed by atoms with Gasteiger partial charge in [0.2, 0.25) is 0 Å². The maximum Gasteiger partial charge on any atom is 0.124 e. The third kappa shape index (κ3) is 1.97. The quantitative estimate of drug-likeness (QED) is 0.858. The average Bonchev–Trinajstić information content (AvgIpc) is 2.96. The molecule has 0 heterocycles. The molecule has 3 heteroatoms. The largest absolute Gasteiger partial charge is 0.496 e. The third-order valence-corrected chi connectivity index (χ3v) is 3.42. The molecule has 0 bridgehead atoms. The second-order valence-electron chi connectivity index (χ2n) is 4.44. The molecule has 1 N–H and O–H groups in total. The van der Waals surface area contributed by atoms with Gasteiger partial charge in [-0.25, -0.2) is 0 Å². The number of hydrogen-bond donors (Lipinski definition) is 1. The van der Waals surface area contributed by atoms with Gasteiger partial charge in [-0.2, -0.15) is 0 Å². The van der Waals surface area contributed by atoms with Crippen molar-refractivity contribution in [2.45, 2.75) is 25.9 Å². The summed E-state index contributed by atoms with van der Waals surface area (Å²) in [4.78, 5) is 0. The number of halogens is 1. The molecule has 82 valence electrons. The van der Waals surface area contributed by atoms with E-state index in [0.29, 0.717) is 10.8 Å². The number of rotatable bonds is 3. The lowest BCUT2D eigenvalue weighted by Crippen LogP contribution is -2.10. The molecule has 0 saturated heterocycles. The van der Waals surface area contributed by atoms with Crippen molar-refractivity contribution in [3.8, 4) is 5.75 Å². The highest BCUT2D eigenvalue weighted by Gasteiger charge is 2.45. The van der Waals surface area contributed by atoms with Crippen molar-refractivity contribution in [2.75, 3.05) is 7.11 Å². The minimum atomic E-state index is -0.480. The molecule has 1 aromatic carbocycles. The Bertz CT molecular complexity index is 372. The third-order valence-electron chi connectivity index (χ3n) is 3.19. The molecule has 0 radical (unpaired) electrons. The lowest BCUT2D eigenvalue weighted by atomic mass is 9.94. The molecule has 1 saturated carbocycles. The Balaban J connectivity index is 2.36. The molecule has 2 rings (SSSR count). The average molecular weight is 227 g/mol. The maximum absolute atomic E-state index is 10.2. The van der Waals surface area contributed by atoms with Crippen LogP contribution in [0.1, 0.15) is 31.4 Å². The zero-order valence-electron chi connectivity index (χ0n) is 8.96. The fraction of sp³-hybridized carbons (Fsp3) is 0.500. The van der Waals surface area contributed by atoms with Gasteiger partial charge in [-0.05, 0) is 36.5 Å². The van der Waals surface area contributed by atoms with Crippen LogP contribution < -0.4 is 4.74 Å². The van der Waals surface area contributed by atoms with Crippen LogP contribution >= 0.6 is 11.6 Å². The number of aliphatic hydroxyl groups excluding tert-OH is 1. The van der Waals surface area contributed by atoms with Crippen LogP contribution in [0.4, 0.5) is 0 Å². The predicted molar refractivity (Wildman–Crippen MR) is 60.3 cm³/mol. The summed E-state index contributed by atoms with van der Waals surface area (Å²) in [5, 5.41) is 10.9. The number of benzene rings is 1. The van der Waals surface area contributed by atoms with Crippen LogP contribution in [0.5, 0.6) is 5.75 Å². The van der Waals surface area contributed by atoms with E-state index in [1.54, 1.807) is 25.3 Å². The second kappa shape index (κ2) is 3.69. The van der Waals surface area contributed by atoms with Crippen molar-refractivity contribution < 1.29 is 9.84 Å². The fourth-order valence-electron chi connectivity index (χ4n) is 1.76. The van der Waals surface area contributed by atoms with E-state index in [4.69, 9.17) is 16.3 Å². The molecule has 1 unspecified atom stereocenters. The molecular formula is C12H15ClO2. The minimum Gasteiger partial charge on any atom is -0.496 e. The fourth-order valence-corrected chi connectivity index (χ4v) is 1.95. The smallest absolute Gasteiger partial charge is 0.124 e. The lowest BCUT2D eigenvalue weighted by molar-refractivity contribution is 0.101. The van der Waals surface area contributed by atoms with Crippen molar-refractivity contribution in [3.63, 3.8) is 0 Å². The lowest BCUT2D eigenvalue weighted by Gasteiger charge is -2.20. The van der Waals surface area contributed by atoms with Gasteiger partial charge in [0.15, 0.2) is 0 Å². The summed E-state index contributed by atoms with van der Waals surface area (Å²) in [7, 11) is 1.61. The topological polar surface area (TPSA) is 29.5 Å². The van der Waals surface area contributed by atoms with Gasteiger partial charge in [-0.15, -0.1) is 0 Å². The summed E-state index contributed by atoms with van der Waals surface area (Å²) < 4.78 is 5.23. The number of aliphatic hydroxyl groups is 1. The van der Waals surface area contributed by atoms with Crippen molar-refractivity contribution in [1.82, 2.24) is 0 Å². The Hall–Kier alpha value is -0.730. The Labute approximate surface area is 94.8 Å². The van der Waals surface area contributed by atoms with Crippen molar-refractivity contribution >= 4 is 11.6 Å². The molecule has 1 fully saturated rings. The Morgan fingerprint density at radius 2 is 2.13 bits per heavy atom. The van der Waals surface area contributed by atoms with E-state index in [9.17, 15) is 5.11 Å². The van der Waals surface area contributed by atoms with Crippen LogP contribution in [-0.4, -0.2) is 12.2 Å². The summed E-state index contributed by atoms with van der Waals surface area (Å²) in [5.41, 5.74) is 0.808. The first-order valence-electron chi connectivity index (χ1n) is 5.08. The van der Waals surface area contributed by atoms with Gasteiger partial charge in [0, 0.05) is 10.6 Å². The second-order valence-corrected chi connectivity index (χ2v) is 4.88. The summed E-state index contributed by atoms with van der Waals surface area (Å²) in [6, 6.07) is 5.35. The van der Waals surface area contributed by atoms with E-state index < -0.39 is 6.10 Å². The molecule has 0 aliphatic heterocycles. The van der Waals surface area contributed by atoms with Gasteiger partial charge in [0.1, 0.15) is 5.75 Å². The van der Waals surface area contributed by atoms with E-state index in [0.717, 1.165) is 18.4 Å². The molecule has 0 amide bonds. The monoisotopic (exact) mass is 226 g/mol. The van der Waals surface area contributed by atoms with Crippen LogP contribution in [0.2, 0.25) is 5.02 Å². The van der Waals surface area contributed by atoms with Gasteiger partial charge in [-0.1, -0.05) is 18.5 Å². The Kier molecular flexibility index (Phi) is 2.65. The van der Waals surface area contributed by atoms with E-state index in [1.165, 1.54) is 0 Å². The van der Waals surface area contributed by atoms with Gasteiger partial charge in [0.25, 0.3) is 0 Å².